The summed E-state index contributed by atoms with van der Waals surface area (Å²) in [4.78, 5) is 0. The first-order chi connectivity index (χ1) is 9.68. The van der Waals surface area contributed by atoms with Gasteiger partial charge in [-0.2, -0.15) is 13.2 Å². The van der Waals surface area contributed by atoms with Gasteiger partial charge in [0.05, 0.1) is 11.6 Å². The minimum Gasteiger partial charge on any atom is -0.320 e. The van der Waals surface area contributed by atoms with Gasteiger partial charge < -0.3 is 5.73 Å². The molecule has 7 heteroatoms. The lowest BCUT2D eigenvalue weighted by atomic mass is 9.97. The molecule has 1 atom stereocenters. The lowest BCUT2D eigenvalue weighted by Gasteiger charge is -2.17. The second kappa shape index (κ2) is 5.73. The molecule has 1 unspecified atom stereocenters. The van der Waals surface area contributed by atoms with Gasteiger partial charge in [0.15, 0.2) is 0 Å². The Morgan fingerprint density at radius 1 is 0.952 bits per heavy atom. The van der Waals surface area contributed by atoms with E-state index in [1.54, 1.807) is 0 Å². The molecule has 2 N–H and O–H groups in total. The summed E-state index contributed by atoms with van der Waals surface area (Å²) < 4.78 is 64.9. The van der Waals surface area contributed by atoms with Crippen LogP contribution in [0, 0.1) is 11.6 Å². The SMILES string of the molecule is NC(c1cc(F)cc(F)c1)c1cc(C(F)(F)F)ccc1Br. The highest BCUT2D eigenvalue weighted by Gasteiger charge is 2.31. The van der Waals surface area contributed by atoms with E-state index in [-0.39, 0.29) is 11.1 Å². The Hall–Kier alpha value is -1.47. The minimum atomic E-state index is -4.53. The molecular weight excluding hydrogens is 357 g/mol. The quantitative estimate of drug-likeness (QED) is 0.760. The zero-order valence-electron chi connectivity index (χ0n) is 10.4. The lowest BCUT2D eigenvalue weighted by Crippen LogP contribution is -2.15. The maximum atomic E-state index is 13.2. The van der Waals surface area contributed by atoms with E-state index in [0.717, 1.165) is 24.3 Å². The first kappa shape index (κ1) is 15.9. The van der Waals surface area contributed by atoms with Gasteiger partial charge in [0.2, 0.25) is 0 Å². The summed E-state index contributed by atoms with van der Waals surface area (Å²) in [5, 5.41) is 0. The Balaban J connectivity index is 2.49. The van der Waals surface area contributed by atoms with Crippen LogP contribution in [0.2, 0.25) is 0 Å². The first-order valence-electron chi connectivity index (χ1n) is 5.76. The van der Waals surface area contributed by atoms with Crippen LogP contribution >= 0.6 is 15.9 Å². The first-order valence-corrected chi connectivity index (χ1v) is 6.56. The highest BCUT2D eigenvalue weighted by molar-refractivity contribution is 9.10. The molecule has 1 nitrogen and oxygen atoms in total. The van der Waals surface area contributed by atoms with Crippen molar-refractivity contribution in [2.75, 3.05) is 0 Å². The number of halogens is 6. The fraction of sp³-hybridized carbons (Fsp3) is 0.143. The summed E-state index contributed by atoms with van der Waals surface area (Å²) in [5.74, 6) is -1.69. The van der Waals surface area contributed by atoms with E-state index in [4.69, 9.17) is 5.73 Å². The summed E-state index contributed by atoms with van der Waals surface area (Å²) in [6.07, 6.45) is -4.53. The van der Waals surface area contributed by atoms with Gasteiger partial charge >= 0.3 is 6.18 Å². The van der Waals surface area contributed by atoms with Crippen molar-refractivity contribution in [1.29, 1.82) is 0 Å². The average Bonchev–Trinajstić information content (AvgIpc) is 2.36. The van der Waals surface area contributed by atoms with E-state index in [2.05, 4.69) is 15.9 Å². The summed E-state index contributed by atoms with van der Waals surface area (Å²) in [6.45, 7) is 0. The molecule has 0 fully saturated rings. The molecule has 0 aliphatic carbocycles. The van der Waals surface area contributed by atoms with Crippen molar-refractivity contribution in [3.63, 3.8) is 0 Å². The molecule has 2 rings (SSSR count). The fourth-order valence-electron chi connectivity index (χ4n) is 1.89. The Kier molecular flexibility index (Phi) is 4.34. The Labute approximate surface area is 125 Å². The molecule has 21 heavy (non-hydrogen) atoms. The molecule has 0 aliphatic rings. The van der Waals surface area contributed by atoms with Gasteiger partial charge in [-0.15, -0.1) is 0 Å². The Morgan fingerprint density at radius 2 is 1.52 bits per heavy atom. The molecule has 0 bridgehead atoms. The van der Waals surface area contributed by atoms with Crippen LogP contribution in [0.3, 0.4) is 0 Å². The zero-order chi connectivity index (χ0) is 15.8. The van der Waals surface area contributed by atoms with Gasteiger partial charge in [0.25, 0.3) is 0 Å². The third kappa shape index (κ3) is 3.59. The molecule has 112 valence electrons. The van der Waals surface area contributed by atoms with Crippen molar-refractivity contribution in [3.05, 3.63) is 69.2 Å². The average molecular weight is 366 g/mol. The van der Waals surface area contributed by atoms with Crippen molar-refractivity contribution in [1.82, 2.24) is 0 Å². The number of rotatable bonds is 2. The summed E-state index contributed by atoms with van der Waals surface area (Å²) in [5.41, 5.74) is 5.10. The maximum Gasteiger partial charge on any atom is 0.416 e. The van der Waals surface area contributed by atoms with Crippen molar-refractivity contribution in [2.45, 2.75) is 12.2 Å². The number of nitrogens with two attached hydrogens (primary N) is 1. The second-order valence-corrected chi connectivity index (χ2v) is 5.27. The van der Waals surface area contributed by atoms with Gasteiger partial charge in [0, 0.05) is 10.5 Å². The van der Waals surface area contributed by atoms with Gasteiger partial charge in [-0.3, -0.25) is 0 Å². The topological polar surface area (TPSA) is 26.0 Å². The molecule has 0 saturated carbocycles. The normalized spacial score (nSPS) is 13.3. The van der Waals surface area contributed by atoms with E-state index >= 15 is 0 Å². The molecule has 2 aromatic carbocycles. The largest absolute Gasteiger partial charge is 0.416 e. The molecule has 0 radical (unpaired) electrons. The fourth-order valence-corrected chi connectivity index (χ4v) is 2.39. The van der Waals surface area contributed by atoms with Crippen LogP contribution in [0.1, 0.15) is 22.7 Å². The molecule has 0 aliphatic heterocycles. The Bertz CT molecular complexity index is 649. The number of hydrogen-bond acceptors (Lipinski definition) is 1. The van der Waals surface area contributed by atoms with Crippen molar-refractivity contribution in [3.8, 4) is 0 Å². The van der Waals surface area contributed by atoms with E-state index < -0.39 is 29.4 Å². The van der Waals surface area contributed by atoms with Gasteiger partial charge in [0.1, 0.15) is 11.6 Å². The van der Waals surface area contributed by atoms with Crippen LogP contribution in [0.15, 0.2) is 40.9 Å². The van der Waals surface area contributed by atoms with E-state index in [1.165, 1.54) is 6.07 Å². The van der Waals surface area contributed by atoms with E-state index in [0.29, 0.717) is 10.5 Å². The van der Waals surface area contributed by atoms with Gasteiger partial charge in [-0.25, -0.2) is 8.78 Å². The van der Waals surface area contributed by atoms with Crippen LogP contribution in [-0.4, -0.2) is 0 Å². The molecule has 0 amide bonds. The zero-order valence-corrected chi connectivity index (χ0v) is 12.0. The van der Waals surface area contributed by atoms with E-state index in [9.17, 15) is 22.0 Å². The number of alkyl halides is 3. The Morgan fingerprint density at radius 3 is 2.05 bits per heavy atom. The minimum absolute atomic E-state index is 0.0486. The standard InChI is InChI=1S/C14H9BrF5N/c15-12-2-1-8(14(18,19)20)5-11(12)13(21)7-3-9(16)6-10(17)4-7/h1-6,13H,21H2. The van der Waals surface area contributed by atoms with E-state index in [1.807, 2.05) is 0 Å². The predicted octanol–water partition coefficient (Wildman–Crippen LogP) is 4.79. The monoisotopic (exact) mass is 365 g/mol. The maximum absolute atomic E-state index is 13.2. The van der Waals surface area contributed by atoms with Gasteiger partial charge in [-0.1, -0.05) is 15.9 Å². The summed E-state index contributed by atoms with van der Waals surface area (Å²) in [7, 11) is 0. The van der Waals surface area contributed by atoms with Crippen LogP contribution in [-0.2, 0) is 6.18 Å². The molecule has 0 heterocycles. The van der Waals surface area contributed by atoms with Gasteiger partial charge in [-0.05, 0) is 41.5 Å². The third-order valence-corrected chi connectivity index (χ3v) is 3.62. The molecule has 0 aromatic heterocycles. The summed E-state index contributed by atoms with van der Waals surface area (Å²) >= 11 is 3.10. The highest BCUT2D eigenvalue weighted by atomic mass is 79.9. The lowest BCUT2D eigenvalue weighted by molar-refractivity contribution is -0.137. The second-order valence-electron chi connectivity index (χ2n) is 4.41. The number of benzene rings is 2. The van der Waals surface area contributed by atoms with Crippen LogP contribution in [0.25, 0.3) is 0 Å². The van der Waals surface area contributed by atoms with Crippen molar-refractivity contribution >= 4 is 15.9 Å². The molecule has 0 spiro atoms. The summed E-state index contributed by atoms with van der Waals surface area (Å²) in [6, 6.07) is 4.50. The molecular formula is C14H9BrF5N. The molecule has 0 saturated heterocycles. The third-order valence-electron chi connectivity index (χ3n) is 2.90. The van der Waals surface area contributed by atoms with Crippen LogP contribution in [0.5, 0.6) is 0 Å². The predicted molar refractivity (Wildman–Crippen MR) is 71.5 cm³/mol. The van der Waals surface area contributed by atoms with Crippen LogP contribution < -0.4 is 5.73 Å². The van der Waals surface area contributed by atoms with Crippen LogP contribution in [0.4, 0.5) is 22.0 Å². The van der Waals surface area contributed by atoms with Crippen molar-refractivity contribution < 1.29 is 22.0 Å². The molecule has 2 aromatic rings. The van der Waals surface area contributed by atoms with Crippen molar-refractivity contribution in [2.24, 2.45) is 5.73 Å². The number of hydrogen-bond donors (Lipinski definition) is 1. The highest BCUT2D eigenvalue weighted by Crippen LogP contribution is 2.35. The smallest absolute Gasteiger partial charge is 0.320 e.